The van der Waals surface area contributed by atoms with Crippen molar-refractivity contribution < 1.29 is 24.3 Å². The summed E-state index contributed by atoms with van der Waals surface area (Å²) in [5.41, 5.74) is 28.7. The third-order valence-electron chi connectivity index (χ3n) is 6.39. The summed E-state index contributed by atoms with van der Waals surface area (Å²) >= 11 is 0. The molecule has 0 spiro atoms. The van der Waals surface area contributed by atoms with Crippen LogP contribution >= 0.6 is 0 Å². The van der Waals surface area contributed by atoms with E-state index in [4.69, 9.17) is 28.7 Å². The number of H-pyrrole nitrogens is 1. The standard InChI is InChI=1S/C27H42N12O5/c28-18(8-4-10-34-26(29)30)22(40)38-20(13-17-14-33-15-36-17)24(42)37-19(9-5-11-35-27(31)32)23(41)39-21(25(43)44)12-16-6-2-1-3-7-16/h1-3,6-7,14-15,18-21H,4-5,8-13,28H2,(H,33,36)(H,37,42)(H,38,40)(H,39,41)(H,43,44)(H4,29,30,34)(H4,31,32,35). The fourth-order valence-electron chi connectivity index (χ4n) is 4.12. The zero-order valence-electron chi connectivity index (χ0n) is 24.3. The maximum atomic E-state index is 13.5. The number of nitrogens with two attached hydrogens (primary N) is 5. The zero-order valence-corrected chi connectivity index (χ0v) is 24.3. The fourth-order valence-corrected chi connectivity index (χ4v) is 4.12. The Morgan fingerprint density at radius 2 is 1.36 bits per heavy atom. The highest BCUT2D eigenvalue weighted by Crippen LogP contribution is 2.08. The predicted octanol–water partition coefficient (Wildman–Crippen LogP) is -2.83. The van der Waals surface area contributed by atoms with Crippen LogP contribution in [0.5, 0.6) is 0 Å². The van der Waals surface area contributed by atoms with Crippen molar-refractivity contribution in [1.29, 1.82) is 0 Å². The number of carbonyl (C=O) groups is 4. The predicted molar refractivity (Wildman–Crippen MR) is 164 cm³/mol. The smallest absolute Gasteiger partial charge is 0.326 e. The van der Waals surface area contributed by atoms with E-state index in [1.54, 1.807) is 30.3 Å². The Hall–Kier alpha value is -5.19. The number of carbonyl (C=O) groups excluding carboxylic acids is 3. The summed E-state index contributed by atoms with van der Waals surface area (Å²) in [7, 11) is 0. The average Bonchev–Trinajstić information content (AvgIpc) is 3.49. The molecule has 2 rings (SSSR count). The van der Waals surface area contributed by atoms with Gasteiger partial charge < -0.3 is 54.7 Å². The number of nitrogens with one attached hydrogen (secondary N) is 4. The van der Waals surface area contributed by atoms with Crippen molar-refractivity contribution in [2.24, 2.45) is 38.7 Å². The second-order valence-electron chi connectivity index (χ2n) is 10.00. The number of aliphatic carboxylic acids is 1. The SMILES string of the molecule is NC(N)=NCCCC(N)C(=O)NC(Cc1cnc[nH]1)C(=O)NC(CCCN=C(N)N)C(=O)NC(Cc1ccccc1)C(=O)O. The lowest BCUT2D eigenvalue weighted by Crippen LogP contribution is -2.57. The van der Waals surface area contributed by atoms with E-state index in [-0.39, 0.29) is 57.1 Å². The van der Waals surface area contributed by atoms with Gasteiger partial charge in [0.05, 0.1) is 12.4 Å². The maximum absolute atomic E-state index is 13.5. The molecular weight excluding hydrogens is 572 g/mol. The van der Waals surface area contributed by atoms with Crippen LogP contribution in [0.3, 0.4) is 0 Å². The summed E-state index contributed by atoms with van der Waals surface area (Å²) < 4.78 is 0. The van der Waals surface area contributed by atoms with Gasteiger partial charge in [0, 0.05) is 37.8 Å². The molecule has 17 heteroatoms. The van der Waals surface area contributed by atoms with Crippen molar-refractivity contribution >= 4 is 35.6 Å². The summed E-state index contributed by atoms with van der Waals surface area (Å²) in [6, 6.07) is 4.23. The molecule has 1 aromatic heterocycles. The van der Waals surface area contributed by atoms with Crippen molar-refractivity contribution in [2.75, 3.05) is 13.1 Å². The first kappa shape index (κ1) is 35.0. The van der Waals surface area contributed by atoms with Crippen LogP contribution in [0.25, 0.3) is 0 Å². The molecule has 1 aromatic carbocycles. The summed E-state index contributed by atoms with van der Waals surface area (Å²) in [6.07, 6.45) is 3.96. The number of hydrogen-bond donors (Lipinski definition) is 10. The summed E-state index contributed by atoms with van der Waals surface area (Å²) in [6.45, 7) is 0.441. The molecule has 17 nitrogen and oxygen atoms in total. The number of aromatic amines is 1. The molecule has 0 fully saturated rings. The number of carboxylic acid groups (broad SMARTS) is 1. The number of amides is 3. The molecular formula is C27H42N12O5. The van der Waals surface area contributed by atoms with Crippen LogP contribution < -0.4 is 44.6 Å². The first-order chi connectivity index (χ1) is 21.0. The van der Waals surface area contributed by atoms with Crippen molar-refractivity contribution in [1.82, 2.24) is 25.9 Å². The highest BCUT2D eigenvalue weighted by atomic mass is 16.4. The van der Waals surface area contributed by atoms with E-state index >= 15 is 0 Å². The Morgan fingerprint density at radius 1 is 0.795 bits per heavy atom. The molecule has 0 saturated heterocycles. The number of benzene rings is 1. The Morgan fingerprint density at radius 3 is 1.93 bits per heavy atom. The van der Waals surface area contributed by atoms with Crippen LogP contribution in [0.1, 0.15) is 36.9 Å². The van der Waals surface area contributed by atoms with Crippen LogP contribution in [0, 0.1) is 0 Å². The van der Waals surface area contributed by atoms with E-state index in [1.165, 1.54) is 12.5 Å². The first-order valence-electron chi connectivity index (χ1n) is 14.0. The van der Waals surface area contributed by atoms with Gasteiger partial charge in [0.25, 0.3) is 0 Å². The summed E-state index contributed by atoms with van der Waals surface area (Å²) in [5, 5.41) is 17.6. The van der Waals surface area contributed by atoms with Gasteiger partial charge in [-0.25, -0.2) is 9.78 Å². The summed E-state index contributed by atoms with van der Waals surface area (Å²) in [5.74, 6) is -3.48. The van der Waals surface area contributed by atoms with Crippen LogP contribution in [-0.2, 0) is 32.0 Å². The molecule has 0 aliphatic carbocycles. The maximum Gasteiger partial charge on any atom is 0.326 e. The number of aliphatic imine (C=N–C) groups is 2. The normalized spacial score (nSPS) is 13.4. The van der Waals surface area contributed by atoms with Gasteiger partial charge in [0.1, 0.15) is 18.1 Å². The van der Waals surface area contributed by atoms with Crippen molar-refractivity contribution in [3.05, 3.63) is 54.1 Å². The molecule has 1 heterocycles. The van der Waals surface area contributed by atoms with Gasteiger partial charge in [-0.3, -0.25) is 24.4 Å². The third kappa shape index (κ3) is 13.2. The van der Waals surface area contributed by atoms with Gasteiger partial charge in [0.15, 0.2) is 11.9 Å². The van der Waals surface area contributed by atoms with Gasteiger partial charge in [-0.05, 0) is 31.2 Å². The highest BCUT2D eigenvalue weighted by Gasteiger charge is 2.30. The molecule has 0 bridgehead atoms. The largest absolute Gasteiger partial charge is 0.480 e. The van der Waals surface area contributed by atoms with E-state index in [2.05, 4.69) is 35.9 Å². The second kappa shape index (κ2) is 18.4. The molecule has 2 aromatic rings. The van der Waals surface area contributed by atoms with E-state index < -0.39 is 47.9 Å². The van der Waals surface area contributed by atoms with Gasteiger partial charge in [0.2, 0.25) is 17.7 Å². The average molecular weight is 615 g/mol. The second-order valence-corrected chi connectivity index (χ2v) is 10.00. The lowest BCUT2D eigenvalue weighted by atomic mass is 10.0. The van der Waals surface area contributed by atoms with Gasteiger partial charge in [-0.2, -0.15) is 0 Å². The molecule has 3 amide bonds. The molecule has 240 valence electrons. The Bertz CT molecular complexity index is 1260. The van der Waals surface area contributed by atoms with E-state index in [0.29, 0.717) is 17.7 Å². The number of carboxylic acids is 1. The molecule has 0 saturated carbocycles. The van der Waals surface area contributed by atoms with Crippen molar-refractivity contribution in [3.63, 3.8) is 0 Å². The topological polar surface area (TPSA) is 308 Å². The van der Waals surface area contributed by atoms with Crippen LogP contribution in [0.15, 0.2) is 52.8 Å². The number of aromatic nitrogens is 2. The quantitative estimate of drug-likeness (QED) is 0.0436. The van der Waals surface area contributed by atoms with Crippen LogP contribution in [0.4, 0.5) is 0 Å². The molecule has 4 unspecified atom stereocenters. The summed E-state index contributed by atoms with van der Waals surface area (Å²) in [4.78, 5) is 66.3. The minimum Gasteiger partial charge on any atom is -0.480 e. The monoisotopic (exact) mass is 614 g/mol. The fraction of sp³-hybridized carbons (Fsp3) is 0.444. The first-order valence-corrected chi connectivity index (χ1v) is 14.0. The Labute approximate surface area is 254 Å². The number of nitrogens with zero attached hydrogens (tertiary/aromatic N) is 3. The lowest BCUT2D eigenvalue weighted by Gasteiger charge is -2.25. The minimum absolute atomic E-state index is 0.00634. The van der Waals surface area contributed by atoms with Crippen LogP contribution in [-0.4, -0.2) is 87.9 Å². The Kier molecular flexibility index (Phi) is 14.6. The molecule has 0 radical (unpaired) electrons. The molecule has 0 aliphatic rings. The molecule has 0 aliphatic heterocycles. The Balaban J connectivity index is 2.19. The van der Waals surface area contributed by atoms with Crippen molar-refractivity contribution in [3.8, 4) is 0 Å². The van der Waals surface area contributed by atoms with Gasteiger partial charge in [-0.1, -0.05) is 30.3 Å². The number of guanidine groups is 2. The number of rotatable bonds is 19. The highest BCUT2D eigenvalue weighted by molar-refractivity contribution is 5.94. The molecule has 15 N–H and O–H groups in total. The van der Waals surface area contributed by atoms with E-state index in [1.807, 2.05) is 0 Å². The lowest BCUT2D eigenvalue weighted by molar-refractivity contribution is -0.142. The van der Waals surface area contributed by atoms with Gasteiger partial charge >= 0.3 is 5.97 Å². The van der Waals surface area contributed by atoms with Gasteiger partial charge in [-0.15, -0.1) is 0 Å². The minimum atomic E-state index is -1.26. The van der Waals surface area contributed by atoms with E-state index in [0.717, 1.165) is 0 Å². The zero-order chi connectivity index (χ0) is 32.5. The molecule has 44 heavy (non-hydrogen) atoms. The van der Waals surface area contributed by atoms with Crippen molar-refractivity contribution in [2.45, 2.75) is 62.7 Å². The molecule has 4 atom stereocenters. The number of hydrogen-bond acceptors (Lipinski definition) is 8. The van der Waals surface area contributed by atoms with Crippen LogP contribution in [0.2, 0.25) is 0 Å². The van der Waals surface area contributed by atoms with E-state index in [9.17, 15) is 24.3 Å². The number of imidazole rings is 1. The third-order valence-corrected chi connectivity index (χ3v) is 6.39.